The van der Waals surface area contributed by atoms with Gasteiger partial charge in [0, 0.05) is 29.0 Å². The third-order valence-electron chi connectivity index (χ3n) is 3.14. The molecule has 1 aliphatic carbocycles. The Labute approximate surface area is 115 Å². The van der Waals surface area contributed by atoms with Gasteiger partial charge in [0.1, 0.15) is 5.82 Å². The molecule has 0 spiro atoms. The first-order valence-corrected chi connectivity index (χ1v) is 7.14. The molecule has 0 bridgehead atoms. The molecular weight excluding hydrogens is 290 g/mol. The van der Waals surface area contributed by atoms with Crippen LogP contribution in [0, 0.1) is 0 Å². The first-order chi connectivity index (χ1) is 8.81. The molecule has 2 N–H and O–H groups in total. The molecule has 0 saturated heterocycles. The normalized spacial score (nSPS) is 14.9. The smallest absolute Gasteiger partial charge is 0.107 e. The van der Waals surface area contributed by atoms with Crippen molar-refractivity contribution in [3.05, 3.63) is 40.8 Å². The number of imidazole rings is 1. The number of H-pyrrole nitrogens is 1. The molecule has 0 amide bonds. The molecule has 2 aromatic rings. The number of hydrogen-bond donors (Lipinski definition) is 2. The lowest BCUT2D eigenvalue weighted by Crippen LogP contribution is -2.19. The second kappa shape index (κ2) is 5.24. The van der Waals surface area contributed by atoms with Gasteiger partial charge in [-0.25, -0.2) is 4.98 Å². The van der Waals surface area contributed by atoms with Crippen LogP contribution in [0.15, 0.2) is 34.9 Å². The van der Waals surface area contributed by atoms with Gasteiger partial charge in [0.2, 0.25) is 0 Å². The Hall–Kier alpha value is -1.13. The molecule has 18 heavy (non-hydrogen) atoms. The Balaban J connectivity index is 1.64. The fourth-order valence-electron chi connectivity index (χ4n) is 1.97. The second-order valence-electron chi connectivity index (χ2n) is 4.73. The summed E-state index contributed by atoms with van der Waals surface area (Å²) in [7, 11) is 0. The molecular formula is C14H16BrN3. The highest BCUT2D eigenvalue weighted by Gasteiger charge is 2.19. The molecule has 0 aliphatic heterocycles. The summed E-state index contributed by atoms with van der Waals surface area (Å²) in [5, 5.41) is 3.50. The molecule has 4 heteroatoms. The number of nitrogens with one attached hydrogen (secondary N) is 2. The molecule has 1 fully saturated rings. The maximum absolute atomic E-state index is 4.43. The molecule has 0 atom stereocenters. The Morgan fingerprint density at radius 1 is 1.39 bits per heavy atom. The summed E-state index contributed by atoms with van der Waals surface area (Å²) < 4.78 is 1.09. The Kier molecular flexibility index (Phi) is 3.48. The van der Waals surface area contributed by atoms with Gasteiger partial charge in [-0.2, -0.15) is 0 Å². The van der Waals surface area contributed by atoms with Crippen LogP contribution >= 0.6 is 15.9 Å². The maximum atomic E-state index is 4.43. The van der Waals surface area contributed by atoms with Crippen molar-refractivity contribution in [3.8, 4) is 11.3 Å². The van der Waals surface area contributed by atoms with Crippen molar-refractivity contribution < 1.29 is 0 Å². The summed E-state index contributed by atoms with van der Waals surface area (Å²) in [6, 6.07) is 9.02. The van der Waals surface area contributed by atoms with Gasteiger partial charge in [0.25, 0.3) is 0 Å². The third kappa shape index (κ3) is 3.00. The van der Waals surface area contributed by atoms with Crippen molar-refractivity contribution in [2.45, 2.75) is 25.3 Å². The first kappa shape index (κ1) is 11.9. The van der Waals surface area contributed by atoms with Gasteiger partial charge >= 0.3 is 0 Å². The highest BCUT2D eigenvalue weighted by molar-refractivity contribution is 9.10. The van der Waals surface area contributed by atoms with E-state index >= 15 is 0 Å². The monoisotopic (exact) mass is 305 g/mol. The standard InChI is InChI=1S/C14H16BrN3/c15-11-3-1-2-10(8-11)13-9-17-14(18-13)6-7-16-12-4-5-12/h1-3,8-9,12,16H,4-7H2,(H,17,18). The van der Waals surface area contributed by atoms with Crippen LogP contribution in [0.3, 0.4) is 0 Å². The zero-order valence-corrected chi connectivity index (χ0v) is 11.7. The van der Waals surface area contributed by atoms with Gasteiger partial charge in [-0.3, -0.25) is 0 Å². The van der Waals surface area contributed by atoms with Crippen molar-refractivity contribution in [2.24, 2.45) is 0 Å². The molecule has 1 saturated carbocycles. The van der Waals surface area contributed by atoms with Crippen LogP contribution < -0.4 is 5.32 Å². The van der Waals surface area contributed by atoms with Crippen LogP contribution in [0.5, 0.6) is 0 Å². The lowest BCUT2D eigenvalue weighted by Gasteiger charge is -2.00. The van der Waals surface area contributed by atoms with E-state index < -0.39 is 0 Å². The number of halogens is 1. The predicted octanol–water partition coefficient (Wildman–Crippen LogP) is 3.13. The number of hydrogen-bond acceptors (Lipinski definition) is 2. The van der Waals surface area contributed by atoms with E-state index in [9.17, 15) is 0 Å². The van der Waals surface area contributed by atoms with E-state index in [1.165, 1.54) is 18.4 Å². The van der Waals surface area contributed by atoms with Crippen molar-refractivity contribution in [1.29, 1.82) is 0 Å². The molecule has 0 radical (unpaired) electrons. The number of rotatable bonds is 5. The molecule has 3 rings (SSSR count). The lowest BCUT2D eigenvalue weighted by molar-refractivity contribution is 0.669. The van der Waals surface area contributed by atoms with Gasteiger partial charge in [-0.15, -0.1) is 0 Å². The van der Waals surface area contributed by atoms with Crippen molar-refractivity contribution in [2.75, 3.05) is 6.54 Å². The summed E-state index contributed by atoms with van der Waals surface area (Å²) >= 11 is 3.49. The molecule has 3 nitrogen and oxygen atoms in total. The largest absolute Gasteiger partial charge is 0.342 e. The zero-order valence-electron chi connectivity index (χ0n) is 10.1. The van der Waals surface area contributed by atoms with Crippen LogP contribution in [0.2, 0.25) is 0 Å². The summed E-state index contributed by atoms with van der Waals surface area (Å²) in [4.78, 5) is 7.81. The fraction of sp³-hybridized carbons (Fsp3) is 0.357. The molecule has 0 unspecified atom stereocenters. The first-order valence-electron chi connectivity index (χ1n) is 6.34. The van der Waals surface area contributed by atoms with Crippen LogP contribution in [0.25, 0.3) is 11.3 Å². The van der Waals surface area contributed by atoms with Crippen LogP contribution in [-0.4, -0.2) is 22.6 Å². The average molecular weight is 306 g/mol. The van der Waals surface area contributed by atoms with Gasteiger partial charge in [-0.1, -0.05) is 28.1 Å². The van der Waals surface area contributed by atoms with Crippen LogP contribution in [0.4, 0.5) is 0 Å². The summed E-state index contributed by atoms with van der Waals surface area (Å²) in [6.07, 6.45) is 5.54. The van der Waals surface area contributed by atoms with Crippen molar-refractivity contribution >= 4 is 15.9 Å². The third-order valence-corrected chi connectivity index (χ3v) is 3.63. The number of aromatic nitrogens is 2. The lowest BCUT2D eigenvalue weighted by atomic mass is 10.2. The van der Waals surface area contributed by atoms with Crippen LogP contribution in [0.1, 0.15) is 18.7 Å². The minimum atomic E-state index is 0.768. The fourth-order valence-corrected chi connectivity index (χ4v) is 2.37. The quantitative estimate of drug-likeness (QED) is 0.891. The molecule has 94 valence electrons. The number of nitrogens with zero attached hydrogens (tertiary/aromatic N) is 1. The van der Waals surface area contributed by atoms with E-state index in [0.717, 1.165) is 35.0 Å². The van der Waals surface area contributed by atoms with Gasteiger partial charge in [-0.05, 0) is 25.0 Å². The van der Waals surface area contributed by atoms with E-state index in [4.69, 9.17) is 0 Å². The SMILES string of the molecule is Brc1cccc(-c2cnc(CCNC3CC3)[nH]2)c1. The summed E-state index contributed by atoms with van der Waals surface area (Å²) in [5.41, 5.74) is 2.25. The average Bonchev–Trinajstić information content (AvgIpc) is 3.06. The highest BCUT2D eigenvalue weighted by Crippen LogP contribution is 2.21. The Bertz CT molecular complexity index is 531. The zero-order chi connectivity index (χ0) is 12.4. The molecule has 1 aromatic carbocycles. The van der Waals surface area contributed by atoms with Gasteiger partial charge < -0.3 is 10.3 Å². The van der Waals surface area contributed by atoms with Crippen molar-refractivity contribution in [3.63, 3.8) is 0 Å². The van der Waals surface area contributed by atoms with E-state index in [1.807, 2.05) is 18.3 Å². The Morgan fingerprint density at radius 3 is 3.06 bits per heavy atom. The number of aromatic amines is 1. The minimum Gasteiger partial charge on any atom is -0.342 e. The van der Waals surface area contributed by atoms with Gasteiger partial charge in [0.05, 0.1) is 11.9 Å². The topological polar surface area (TPSA) is 40.7 Å². The van der Waals surface area contributed by atoms with E-state index in [2.05, 4.69) is 43.3 Å². The van der Waals surface area contributed by atoms with Gasteiger partial charge in [0.15, 0.2) is 0 Å². The molecule has 1 heterocycles. The maximum Gasteiger partial charge on any atom is 0.107 e. The summed E-state index contributed by atoms with van der Waals surface area (Å²) in [6.45, 7) is 1.01. The van der Waals surface area contributed by atoms with Crippen molar-refractivity contribution in [1.82, 2.24) is 15.3 Å². The van der Waals surface area contributed by atoms with E-state index in [-0.39, 0.29) is 0 Å². The summed E-state index contributed by atoms with van der Waals surface area (Å²) in [5.74, 6) is 1.05. The van der Waals surface area contributed by atoms with E-state index in [1.54, 1.807) is 0 Å². The highest BCUT2D eigenvalue weighted by atomic mass is 79.9. The predicted molar refractivity (Wildman–Crippen MR) is 76.5 cm³/mol. The molecule has 1 aliphatic rings. The number of benzene rings is 1. The minimum absolute atomic E-state index is 0.768. The van der Waals surface area contributed by atoms with Crippen LogP contribution in [-0.2, 0) is 6.42 Å². The molecule has 1 aromatic heterocycles. The van der Waals surface area contributed by atoms with E-state index in [0.29, 0.717) is 0 Å². The second-order valence-corrected chi connectivity index (χ2v) is 5.65. The Morgan fingerprint density at radius 2 is 2.28 bits per heavy atom.